The number of furan rings is 1. The first-order chi connectivity index (χ1) is 14.5. The zero-order valence-electron chi connectivity index (χ0n) is 17.3. The van der Waals surface area contributed by atoms with Crippen LogP contribution in [-0.4, -0.2) is 26.1 Å². The Labute approximate surface area is 183 Å². The minimum atomic E-state index is 0.134. The summed E-state index contributed by atoms with van der Waals surface area (Å²) in [6.07, 6.45) is 5.12. The summed E-state index contributed by atoms with van der Waals surface area (Å²) in [7, 11) is 0. The fourth-order valence-electron chi connectivity index (χ4n) is 4.27. The van der Waals surface area contributed by atoms with Crippen molar-refractivity contribution in [1.29, 1.82) is 0 Å². The summed E-state index contributed by atoms with van der Waals surface area (Å²) in [5.41, 5.74) is 4.23. The fraction of sp³-hybridized carbons (Fsp3) is 0.348. The van der Waals surface area contributed by atoms with Crippen molar-refractivity contribution in [3.63, 3.8) is 0 Å². The predicted octanol–water partition coefficient (Wildman–Crippen LogP) is 5.52. The lowest BCUT2D eigenvalue weighted by molar-refractivity contribution is 0.102. The Morgan fingerprint density at radius 1 is 1.27 bits per heavy atom. The number of aromatic nitrogens is 3. The maximum atomic E-state index is 13.1. The van der Waals surface area contributed by atoms with Gasteiger partial charge in [0.25, 0.3) is 0 Å². The molecule has 1 aliphatic rings. The van der Waals surface area contributed by atoms with Crippen molar-refractivity contribution in [3.05, 3.63) is 63.4 Å². The van der Waals surface area contributed by atoms with Gasteiger partial charge >= 0.3 is 0 Å². The molecule has 0 bridgehead atoms. The molecule has 5 nitrogen and oxygen atoms in total. The first kappa shape index (κ1) is 19.6. The van der Waals surface area contributed by atoms with Crippen LogP contribution in [0.5, 0.6) is 0 Å². The molecule has 0 N–H and O–H groups in total. The molecule has 0 unspecified atom stereocenters. The molecule has 154 valence electrons. The smallest absolute Gasteiger partial charge is 0.174 e. The van der Waals surface area contributed by atoms with E-state index < -0.39 is 0 Å². The first-order valence-electron chi connectivity index (χ1n) is 10.1. The summed E-state index contributed by atoms with van der Waals surface area (Å²) in [6.45, 7) is 6.61. The SMILES string of the molecule is Cc1nc(SCC(=O)c2cc(C)n(Cc3ccco3)c2C)c2c3c(sc2n1)CCC3. The van der Waals surface area contributed by atoms with Crippen molar-refractivity contribution < 1.29 is 9.21 Å². The number of Topliss-reactive ketones (excluding diaryl/α,β-unsaturated/α-hetero) is 1. The van der Waals surface area contributed by atoms with E-state index >= 15 is 0 Å². The van der Waals surface area contributed by atoms with Gasteiger partial charge in [0.15, 0.2) is 5.78 Å². The normalized spacial score (nSPS) is 13.3. The van der Waals surface area contributed by atoms with Crippen molar-refractivity contribution in [2.45, 2.75) is 51.6 Å². The molecule has 4 heterocycles. The maximum absolute atomic E-state index is 13.1. The van der Waals surface area contributed by atoms with E-state index in [0.717, 1.165) is 51.2 Å². The first-order valence-corrected chi connectivity index (χ1v) is 12.0. The molecule has 1 aliphatic carbocycles. The monoisotopic (exact) mass is 437 g/mol. The number of thiophene rings is 1. The van der Waals surface area contributed by atoms with E-state index in [-0.39, 0.29) is 5.78 Å². The van der Waals surface area contributed by atoms with E-state index in [9.17, 15) is 4.79 Å². The van der Waals surface area contributed by atoms with Crippen molar-refractivity contribution in [2.24, 2.45) is 0 Å². The van der Waals surface area contributed by atoms with Crippen LogP contribution in [0.3, 0.4) is 0 Å². The zero-order valence-corrected chi connectivity index (χ0v) is 19.0. The molecular formula is C23H23N3O2S2. The Balaban J connectivity index is 1.40. The highest BCUT2D eigenvalue weighted by molar-refractivity contribution is 8.00. The minimum absolute atomic E-state index is 0.134. The highest BCUT2D eigenvalue weighted by Gasteiger charge is 2.23. The van der Waals surface area contributed by atoms with E-state index in [1.165, 1.54) is 22.2 Å². The Morgan fingerprint density at radius 3 is 2.93 bits per heavy atom. The lowest BCUT2D eigenvalue weighted by atomic mass is 10.2. The van der Waals surface area contributed by atoms with Gasteiger partial charge in [-0.1, -0.05) is 11.8 Å². The zero-order chi connectivity index (χ0) is 20.8. The van der Waals surface area contributed by atoms with Gasteiger partial charge in [-0.25, -0.2) is 9.97 Å². The number of carbonyl (C=O) groups excluding carboxylic acids is 1. The number of thioether (sulfide) groups is 1. The van der Waals surface area contributed by atoms with Gasteiger partial charge in [-0.3, -0.25) is 4.79 Å². The standard InChI is InChI=1S/C23H23N3O2S2/c1-13-10-18(14(2)26(13)11-16-6-5-9-28-16)19(27)12-29-22-21-17-7-4-8-20(17)30-23(21)25-15(3)24-22/h5-6,9-10H,4,7-8,11-12H2,1-3H3. The fourth-order valence-corrected chi connectivity index (χ4v) is 6.62. The minimum Gasteiger partial charge on any atom is -0.467 e. The molecule has 7 heteroatoms. The molecule has 0 radical (unpaired) electrons. The van der Waals surface area contributed by atoms with E-state index in [2.05, 4.69) is 9.55 Å². The van der Waals surface area contributed by atoms with Crippen molar-refractivity contribution in [1.82, 2.24) is 14.5 Å². The Bertz CT molecular complexity index is 1250. The average molecular weight is 438 g/mol. The molecule has 4 aromatic heterocycles. The highest BCUT2D eigenvalue weighted by atomic mass is 32.2. The van der Waals surface area contributed by atoms with Gasteiger partial charge in [-0.05, 0) is 63.8 Å². The van der Waals surface area contributed by atoms with Gasteiger partial charge in [0, 0.05) is 27.2 Å². The predicted molar refractivity (Wildman–Crippen MR) is 121 cm³/mol. The molecule has 0 aromatic carbocycles. The molecule has 0 saturated heterocycles. The Kier molecular flexibility index (Phi) is 5.03. The van der Waals surface area contributed by atoms with Gasteiger partial charge in [-0.2, -0.15) is 0 Å². The summed E-state index contributed by atoms with van der Waals surface area (Å²) in [5, 5.41) is 2.13. The van der Waals surface area contributed by atoms with Crippen molar-refractivity contribution in [3.8, 4) is 0 Å². The molecular weight excluding hydrogens is 414 g/mol. The lowest BCUT2D eigenvalue weighted by Crippen LogP contribution is -2.07. The summed E-state index contributed by atoms with van der Waals surface area (Å²) in [6, 6.07) is 5.83. The van der Waals surface area contributed by atoms with Crippen LogP contribution in [0.25, 0.3) is 10.2 Å². The van der Waals surface area contributed by atoms with Crippen LogP contribution >= 0.6 is 23.1 Å². The number of fused-ring (bicyclic) bond motifs is 3. The van der Waals surface area contributed by atoms with Gasteiger partial charge in [0.2, 0.25) is 0 Å². The second-order valence-electron chi connectivity index (χ2n) is 7.78. The highest BCUT2D eigenvalue weighted by Crippen LogP contribution is 2.40. The molecule has 0 fully saturated rings. The van der Waals surface area contributed by atoms with E-state index in [0.29, 0.717) is 12.3 Å². The third-order valence-corrected chi connectivity index (χ3v) is 7.91. The van der Waals surface area contributed by atoms with E-state index in [4.69, 9.17) is 9.40 Å². The van der Waals surface area contributed by atoms with Gasteiger partial charge in [-0.15, -0.1) is 11.3 Å². The molecule has 0 spiro atoms. The number of nitrogens with zero attached hydrogens (tertiary/aromatic N) is 3. The van der Waals surface area contributed by atoms with Crippen LogP contribution in [0.1, 0.15) is 50.2 Å². The van der Waals surface area contributed by atoms with Gasteiger partial charge in [0.05, 0.1) is 18.6 Å². The molecule has 4 aromatic rings. The number of aryl methyl sites for hydroxylation is 4. The molecule has 30 heavy (non-hydrogen) atoms. The topological polar surface area (TPSA) is 60.9 Å². The van der Waals surface area contributed by atoms with Crippen LogP contribution < -0.4 is 0 Å². The lowest BCUT2D eigenvalue weighted by Gasteiger charge is -2.08. The molecule has 0 aliphatic heterocycles. The van der Waals surface area contributed by atoms with Crippen molar-refractivity contribution in [2.75, 3.05) is 5.75 Å². The summed E-state index contributed by atoms with van der Waals surface area (Å²) in [5.74, 6) is 2.17. The second kappa shape index (κ2) is 7.71. The molecule has 0 amide bonds. The third kappa shape index (κ3) is 3.40. The van der Waals surface area contributed by atoms with Crippen LogP contribution in [0.4, 0.5) is 0 Å². The maximum Gasteiger partial charge on any atom is 0.174 e. The largest absolute Gasteiger partial charge is 0.467 e. The van der Waals surface area contributed by atoms with Gasteiger partial charge < -0.3 is 8.98 Å². The average Bonchev–Trinajstić information content (AvgIpc) is 3.47. The number of ketones is 1. The Morgan fingerprint density at radius 2 is 2.13 bits per heavy atom. The van der Waals surface area contributed by atoms with Crippen LogP contribution in [0.15, 0.2) is 33.9 Å². The molecule has 0 saturated carbocycles. The van der Waals surface area contributed by atoms with Crippen LogP contribution in [-0.2, 0) is 19.4 Å². The second-order valence-corrected chi connectivity index (χ2v) is 9.82. The quantitative estimate of drug-likeness (QED) is 0.226. The third-order valence-electron chi connectivity index (χ3n) is 5.75. The van der Waals surface area contributed by atoms with E-state index in [1.807, 2.05) is 39.0 Å². The van der Waals surface area contributed by atoms with E-state index in [1.54, 1.807) is 29.4 Å². The summed E-state index contributed by atoms with van der Waals surface area (Å²) < 4.78 is 7.61. The van der Waals surface area contributed by atoms with Crippen LogP contribution in [0.2, 0.25) is 0 Å². The van der Waals surface area contributed by atoms with Crippen molar-refractivity contribution >= 4 is 39.1 Å². The number of hydrogen-bond acceptors (Lipinski definition) is 6. The number of rotatable bonds is 6. The number of carbonyl (C=O) groups is 1. The Hall–Kier alpha value is -2.38. The summed E-state index contributed by atoms with van der Waals surface area (Å²) >= 11 is 3.34. The molecule has 0 atom stereocenters. The summed E-state index contributed by atoms with van der Waals surface area (Å²) in [4.78, 5) is 25.0. The van der Waals surface area contributed by atoms with Crippen LogP contribution in [0, 0.1) is 20.8 Å². The van der Waals surface area contributed by atoms with Gasteiger partial charge in [0.1, 0.15) is 21.4 Å². The number of hydrogen-bond donors (Lipinski definition) is 0. The molecule has 5 rings (SSSR count).